The zero-order chi connectivity index (χ0) is 20.1. The Morgan fingerprint density at radius 2 is 2.07 bits per heavy atom. The number of hydrogen-bond acceptors (Lipinski definition) is 6. The predicted octanol–water partition coefficient (Wildman–Crippen LogP) is 4.89. The molecule has 0 aliphatic carbocycles. The zero-order valence-electron chi connectivity index (χ0n) is 16.1. The van der Waals surface area contributed by atoms with Crippen molar-refractivity contribution in [1.82, 2.24) is 9.97 Å². The number of rotatable bonds is 7. The normalized spacial score (nSPS) is 13.1. The molecule has 0 bridgehead atoms. The van der Waals surface area contributed by atoms with Crippen molar-refractivity contribution in [2.45, 2.75) is 19.3 Å². The molecule has 1 aliphatic rings. The van der Waals surface area contributed by atoms with Crippen molar-refractivity contribution in [2.24, 2.45) is 0 Å². The summed E-state index contributed by atoms with van der Waals surface area (Å²) in [5.74, 6) is 2.76. The van der Waals surface area contributed by atoms with E-state index < -0.39 is 0 Å². The van der Waals surface area contributed by atoms with Gasteiger partial charge in [-0.1, -0.05) is 12.1 Å². The van der Waals surface area contributed by atoms with E-state index in [0.29, 0.717) is 18.4 Å². The Kier molecular flexibility index (Phi) is 6.00. The first kappa shape index (κ1) is 19.3. The smallest absolute Gasteiger partial charge is 0.229 e. The average Bonchev–Trinajstić information content (AvgIpc) is 2.74. The second-order valence-electron chi connectivity index (χ2n) is 6.88. The van der Waals surface area contributed by atoms with E-state index in [2.05, 4.69) is 21.3 Å². The second kappa shape index (κ2) is 9.01. The summed E-state index contributed by atoms with van der Waals surface area (Å²) in [5, 5.41) is 3.27. The van der Waals surface area contributed by atoms with Gasteiger partial charge in [0.2, 0.25) is 5.95 Å². The summed E-state index contributed by atoms with van der Waals surface area (Å²) in [6.07, 6.45) is 4.61. The van der Waals surface area contributed by atoms with E-state index in [1.807, 2.05) is 42.5 Å². The molecule has 6 nitrogen and oxygen atoms in total. The van der Waals surface area contributed by atoms with Gasteiger partial charge in [0, 0.05) is 41.8 Å². The molecule has 29 heavy (non-hydrogen) atoms. The van der Waals surface area contributed by atoms with E-state index in [9.17, 15) is 0 Å². The quantitative estimate of drug-likeness (QED) is 0.328. The maximum atomic E-state index is 6.18. The molecule has 0 radical (unpaired) electrons. The molecule has 0 spiro atoms. The van der Waals surface area contributed by atoms with E-state index in [0.717, 1.165) is 54.4 Å². The standard InChI is InChI=1S/C22H24ClN5O/c23-11-4-14-29-17-6-1-5-16(15-17)26-22-25-12-10-21(27-22)28-13-3-7-18-19(24)8-2-9-20(18)28/h1-2,5-6,8-10,12,15H,3-4,7,11,13-14,24H2,(H,25,26,27). The van der Waals surface area contributed by atoms with Crippen molar-refractivity contribution in [2.75, 3.05) is 35.0 Å². The van der Waals surface area contributed by atoms with Crippen LogP contribution >= 0.6 is 11.6 Å². The summed E-state index contributed by atoms with van der Waals surface area (Å²) in [6, 6.07) is 15.7. The second-order valence-corrected chi connectivity index (χ2v) is 7.26. The zero-order valence-corrected chi connectivity index (χ0v) is 16.9. The summed E-state index contributed by atoms with van der Waals surface area (Å²) >= 11 is 5.71. The van der Waals surface area contributed by atoms with Crippen LogP contribution in [0.3, 0.4) is 0 Å². The van der Waals surface area contributed by atoms with E-state index in [1.54, 1.807) is 6.20 Å². The molecular weight excluding hydrogens is 386 g/mol. The van der Waals surface area contributed by atoms with Crippen molar-refractivity contribution in [3.63, 3.8) is 0 Å². The molecule has 0 saturated heterocycles. The van der Waals surface area contributed by atoms with Crippen molar-refractivity contribution in [1.29, 1.82) is 0 Å². The van der Waals surface area contributed by atoms with Crippen LogP contribution in [0.4, 0.5) is 28.8 Å². The number of halogens is 1. The third kappa shape index (κ3) is 4.54. The maximum Gasteiger partial charge on any atom is 0.229 e. The number of hydrogen-bond donors (Lipinski definition) is 2. The Morgan fingerprint density at radius 1 is 1.17 bits per heavy atom. The molecule has 4 rings (SSSR count). The monoisotopic (exact) mass is 409 g/mol. The first-order valence-corrected chi connectivity index (χ1v) is 10.3. The summed E-state index contributed by atoms with van der Waals surface area (Å²) < 4.78 is 5.71. The van der Waals surface area contributed by atoms with Gasteiger partial charge in [0.15, 0.2) is 0 Å². The van der Waals surface area contributed by atoms with Crippen LogP contribution < -0.4 is 20.7 Å². The number of alkyl halides is 1. The van der Waals surface area contributed by atoms with Gasteiger partial charge in [0.1, 0.15) is 11.6 Å². The summed E-state index contributed by atoms with van der Waals surface area (Å²) in [4.78, 5) is 11.3. The lowest BCUT2D eigenvalue weighted by Crippen LogP contribution is -2.26. The number of benzene rings is 2. The first-order valence-electron chi connectivity index (χ1n) is 9.78. The minimum absolute atomic E-state index is 0.538. The largest absolute Gasteiger partial charge is 0.493 e. The van der Waals surface area contributed by atoms with Crippen molar-refractivity contribution in [3.8, 4) is 5.75 Å². The maximum absolute atomic E-state index is 6.18. The van der Waals surface area contributed by atoms with Gasteiger partial charge in [-0.2, -0.15) is 4.98 Å². The van der Waals surface area contributed by atoms with E-state index in [-0.39, 0.29) is 0 Å². The van der Waals surface area contributed by atoms with Crippen LogP contribution in [0.1, 0.15) is 18.4 Å². The van der Waals surface area contributed by atoms with Crippen LogP contribution in [0.2, 0.25) is 0 Å². The fourth-order valence-corrected chi connectivity index (χ4v) is 3.60. The predicted molar refractivity (Wildman–Crippen MR) is 119 cm³/mol. The highest BCUT2D eigenvalue weighted by Gasteiger charge is 2.21. The van der Waals surface area contributed by atoms with Crippen LogP contribution in [-0.4, -0.2) is 29.0 Å². The van der Waals surface area contributed by atoms with Crippen molar-refractivity contribution >= 4 is 40.4 Å². The molecule has 3 aromatic rings. The van der Waals surface area contributed by atoms with Crippen LogP contribution in [0.25, 0.3) is 0 Å². The molecule has 0 amide bonds. The molecule has 7 heteroatoms. The van der Waals surface area contributed by atoms with Gasteiger partial charge < -0.3 is 20.7 Å². The molecule has 2 heterocycles. The van der Waals surface area contributed by atoms with Crippen LogP contribution in [0, 0.1) is 0 Å². The Bertz CT molecular complexity index is 981. The molecule has 0 atom stereocenters. The molecule has 0 fully saturated rings. The van der Waals surface area contributed by atoms with Crippen molar-refractivity contribution in [3.05, 3.63) is 60.3 Å². The van der Waals surface area contributed by atoms with Gasteiger partial charge in [-0.25, -0.2) is 4.98 Å². The molecule has 0 saturated carbocycles. The lowest BCUT2D eigenvalue weighted by atomic mass is 10.00. The van der Waals surface area contributed by atoms with Gasteiger partial charge in [-0.3, -0.25) is 0 Å². The number of anilines is 5. The molecule has 3 N–H and O–H groups in total. The Labute approximate surface area is 175 Å². The molecule has 2 aromatic carbocycles. The molecule has 150 valence electrons. The van der Waals surface area contributed by atoms with Gasteiger partial charge in [0.25, 0.3) is 0 Å². The van der Waals surface area contributed by atoms with Gasteiger partial charge in [0.05, 0.1) is 6.61 Å². The number of nitrogen functional groups attached to an aromatic ring is 1. The SMILES string of the molecule is Nc1cccc2c1CCCN2c1ccnc(Nc2cccc(OCCCCl)c2)n1. The van der Waals surface area contributed by atoms with E-state index >= 15 is 0 Å². The lowest BCUT2D eigenvalue weighted by Gasteiger charge is -2.31. The number of ether oxygens (including phenoxy) is 1. The van der Waals surface area contributed by atoms with Crippen LogP contribution in [0.15, 0.2) is 54.7 Å². The number of fused-ring (bicyclic) bond motifs is 1. The molecule has 1 aliphatic heterocycles. The topological polar surface area (TPSA) is 76.3 Å². The Morgan fingerprint density at radius 3 is 2.97 bits per heavy atom. The third-order valence-electron chi connectivity index (χ3n) is 4.84. The minimum Gasteiger partial charge on any atom is -0.493 e. The van der Waals surface area contributed by atoms with Gasteiger partial charge in [-0.05, 0) is 55.2 Å². The molecule has 0 unspecified atom stereocenters. The first-order chi connectivity index (χ1) is 14.2. The van der Waals surface area contributed by atoms with E-state index in [4.69, 9.17) is 27.1 Å². The highest BCUT2D eigenvalue weighted by molar-refractivity contribution is 6.17. The number of nitrogens with one attached hydrogen (secondary N) is 1. The molecule has 1 aromatic heterocycles. The minimum atomic E-state index is 0.538. The Hall–Kier alpha value is -2.99. The van der Waals surface area contributed by atoms with Gasteiger partial charge >= 0.3 is 0 Å². The summed E-state index contributed by atoms with van der Waals surface area (Å²) in [6.45, 7) is 1.49. The van der Waals surface area contributed by atoms with Gasteiger partial charge in [-0.15, -0.1) is 11.6 Å². The van der Waals surface area contributed by atoms with Crippen LogP contribution in [0.5, 0.6) is 5.75 Å². The number of nitrogens with two attached hydrogens (primary N) is 1. The fraction of sp³-hybridized carbons (Fsp3) is 0.273. The molecular formula is C22H24ClN5O. The number of nitrogens with zero attached hydrogens (tertiary/aromatic N) is 3. The fourth-order valence-electron chi connectivity index (χ4n) is 3.49. The lowest BCUT2D eigenvalue weighted by molar-refractivity contribution is 0.318. The third-order valence-corrected chi connectivity index (χ3v) is 5.11. The van der Waals surface area contributed by atoms with E-state index in [1.165, 1.54) is 5.56 Å². The Balaban J connectivity index is 1.54. The van der Waals surface area contributed by atoms with Crippen LogP contribution in [-0.2, 0) is 6.42 Å². The number of aromatic nitrogens is 2. The summed E-state index contributed by atoms with van der Waals surface area (Å²) in [7, 11) is 0. The summed E-state index contributed by atoms with van der Waals surface area (Å²) in [5.41, 5.74) is 10.2. The average molecular weight is 410 g/mol. The highest BCUT2D eigenvalue weighted by atomic mass is 35.5. The van der Waals surface area contributed by atoms with Crippen molar-refractivity contribution < 1.29 is 4.74 Å². The highest BCUT2D eigenvalue weighted by Crippen LogP contribution is 2.35.